The molecule has 0 fully saturated rings. The van der Waals surface area contributed by atoms with Crippen LogP contribution >= 0.6 is 0 Å². The Hall–Kier alpha value is -1.81. The second-order valence-corrected chi connectivity index (χ2v) is 2.79. The van der Waals surface area contributed by atoms with E-state index in [0.717, 1.165) is 11.6 Å². The normalized spacial score (nSPS) is 10.5. The third kappa shape index (κ3) is 4.28. The number of carboxylic acid groups (broad SMARTS) is 1. The Labute approximate surface area is 87.7 Å². The molecule has 0 heterocycles. The van der Waals surface area contributed by atoms with Crippen LogP contribution in [0.15, 0.2) is 30.3 Å². The van der Waals surface area contributed by atoms with Gasteiger partial charge in [0.05, 0.1) is 0 Å². The van der Waals surface area contributed by atoms with Crippen molar-refractivity contribution < 1.29 is 19.4 Å². The molecule has 1 aromatic carbocycles. The molecule has 0 spiro atoms. The molecule has 0 aliphatic rings. The van der Waals surface area contributed by atoms with Crippen LogP contribution in [0.25, 0.3) is 6.08 Å². The highest BCUT2D eigenvalue weighted by Crippen LogP contribution is 2.14. The molecule has 0 bridgehead atoms. The van der Waals surface area contributed by atoms with Gasteiger partial charge in [0.25, 0.3) is 0 Å². The van der Waals surface area contributed by atoms with Crippen molar-refractivity contribution in [2.75, 3.05) is 13.9 Å². The van der Waals surface area contributed by atoms with Gasteiger partial charge in [0, 0.05) is 13.2 Å². The molecule has 0 amide bonds. The van der Waals surface area contributed by atoms with Crippen molar-refractivity contribution in [3.8, 4) is 5.75 Å². The van der Waals surface area contributed by atoms with Crippen molar-refractivity contribution in [1.29, 1.82) is 0 Å². The molecular formula is C11H12O4. The quantitative estimate of drug-likeness (QED) is 0.591. The minimum atomic E-state index is -0.974. The van der Waals surface area contributed by atoms with E-state index in [4.69, 9.17) is 14.6 Å². The fourth-order valence-corrected chi connectivity index (χ4v) is 1.00. The molecule has 1 aromatic rings. The minimum Gasteiger partial charge on any atom is -0.478 e. The number of carboxylic acids is 1. The summed E-state index contributed by atoms with van der Waals surface area (Å²) in [5.41, 5.74) is 0.769. The third-order valence-electron chi connectivity index (χ3n) is 1.62. The average molecular weight is 208 g/mol. The molecule has 0 aliphatic carbocycles. The molecule has 0 aliphatic heterocycles. The van der Waals surface area contributed by atoms with Crippen LogP contribution in [0.2, 0.25) is 0 Å². The van der Waals surface area contributed by atoms with E-state index in [0.29, 0.717) is 5.75 Å². The van der Waals surface area contributed by atoms with Gasteiger partial charge >= 0.3 is 5.97 Å². The Morgan fingerprint density at radius 2 is 2.33 bits per heavy atom. The predicted molar refractivity (Wildman–Crippen MR) is 55.6 cm³/mol. The van der Waals surface area contributed by atoms with Gasteiger partial charge in [-0.2, -0.15) is 0 Å². The largest absolute Gasteiger partial charge is 0.478 e. The van der Waals surface area contributed by atoms with Crippen LogP contribution in [-0.4, -0.2) is 25.0 Å². The van der Waals surface area contributed by atoms with E-state index < -0.39 is 5.97 Å². The highest BCUT2D eigenvalue weighted by molar-refractivity contribution is 5.85. The summed E-state index contributed by atoms with van der Waals surface area (Å²) in [5, 5.41) is 8.45. The summed E-state index contributed by atoms with van der Waals surface area (Å²) >= 11 is 0. The van der Waals surface area contributed by atoms with E-state index in [1.165, 1.54) is 13.2 Å². The lowest BCUT2D eigenvalue weighted by Gasteiger charge is -2.04. The molecule has 4 heteroatoms. The number of hydrogen-bond acceptors (Lipinski definition) is 3. The second kappa shape index (κ2) is 5.82. The second-order valence-electron chi connectivity index (χ2n) is 2.79. The summed E-state index contributed by atoms with van der Waals surface area (Å²) in [6.45, 7) is 0.173. The SMILES string of the molecule is COCOc1cccc(/C=C\C(=O)O)c1. The molecule has 1 rings (SSSR count). The maximum atomic E-state index is 10.3. The molecular weight excluding hydrogens is 196 g/mol. The van der Waals surface area contributed by atoms with Gasteiger partial charge in [0.15, 0.2) is 6.79 Å². The summed E-state index contributed by atoms with van der Waals surface area (Å²) in [7, 11) is 1.54. The van der Waals surface area contributed by atoms with Gasteiger partial charge in [0.2, 0.25) is 0 Å². The molecule has 4 nitrogen and oxygen atoms in total. The highest BCUT2D eigenvalue weighted by atomic mass is 16.7. The Kier molecular flexibility index (Phi) is 4.37. The van der Waals surface area contributed by atoms with Gasteiger partial charge in [-0.3, -0.25) is 0 Å². The van der Waals surface area contributed by atoms with Crippen molar-refractivity contribution in [2.24, 2.45) is 0 Å². The zero-order valence-electron chi connectivity index (χ0n) is 8.34. The lowest BCUT2D eigenvalue weighted by Crippen LogP contribution is -1.98. The van der Waals surface area contributed by atoms with Crippen LogP contribution in [0.5, 0.6) is 5.75 Å². The third-order valence-corrected chi connectivity index (χ3v) is 1.62. The summed E-state index contributed by atoms with van der Waals surface area (Å²) in [5.74, 6) is -0.331. The summed E-state index contributed by atoms with van der Waals surface area (Å²) in [4.78, 5) is 10.3. The smallest absolute Gasteiger partial charge is 0.328 e. The Bertz CT molecular complexity index is 357. The van der Waals surface area contributed by atoms with Crippen LogP contribution in [0.4, 0.5) is 0 Å². The van der Waals surface area contributed by atoms with Gasteiger partial charge in [-0.1, -0.05) is 12.1 Å². The lowest BCUT2D eigenvalue weighted by molar-refractivity contribution is -0.131. The topological polar surface area (TPSA) is 55.8 Å². The molecule has 0 radical (unpaired) electrons. The van der Waals surface area contributed by atoms with Crippen LogP contribution in [0.1, 0.15) is 5.56 Å². The summed E-state index contributed by atoms with van der Waals surface area (Å²) < 4.78 is 9.95. The number of hydrogen-bond donors (Lipinski definition) is 1. The first-order valence-electron chi connectivity index (χ1n) is 4.35. The number of aliphatic carboxylic acids is 1. The maximum Gasteiger partial charge on any atom is 0.328 e. The molecule has 80 valence electrons. The minimum absolute atomic E-state index is 0.173. The molecule has 0 aromatic heterocycles. The molecule has 0 saturated carbocycles. The van der Waals surface area contributed by atoms with E-state index >= 15 is 0 Å². The first-order valence-corrected chi connectivity index (χ1v) is 4.35. The summed E-state index contributed by atoms with van der Waals surface area (Å²) in [6, 6.07) is 7.08. The van der Waals surface area contributed by atoms with Gasteiger partial charge < -0.3 is 14.6 Å². The average Bonchev–Trinajstić information content (AvgIpc) is 2.24. The number of ether oxygens (including phenoxy) is 2. The van der Waals surface area contributed by atoms with Gasteiger partial charge in [-0.25, -0.2) is 4.79 Å². The van der Waals surface area contributed by atoms with Crippen molar-refractivity contribution in [3.63, 3.8) is 0 Å². The molecule has 1 N–H and O–H groups in total. The molecule has 0 atom stereocenters. The number of rotatable bonds is 5. The molecule has 0 unspecified atom stereocenters. The van der Waals surface area contributed by atoms with E-state index in [-0.39, 0.29) is 6.79 Å². The van der Waals surface area contributed by atoms with Gasteiger partial charge in [-0.15, -0.1) is 0 Å². The van der Waals surface area contributed by atoms with Crippen LogP contribution in [0, 0.1) is 0 Å². The molecule has 15 heavy (non-hydrogen) atoms. The van der Waals surface area contributed by atoms with E-state index in [1.54, 1.807) is 24.3 Å². The number of benzene rings is 1. The van der Waals surface area contributed by atoms with Crippen molar-refractivity contribution >= 4 is 12.0 Å². The molecule has 0 saturated heterocycles. The zero-order valence-corrected chi connectivity index (χ0v) is 8.34. The van der Waals surface area contributed by atoms with Crippen molar-refractivity contribution in [2.45, 2.75) is 0 Å². The maximum absolute atomic E-state index is 10.3. The number of carbonyl (C=O) groups is 1. The van der Waals surface area contributed by atoms with Crippen LogP contribution < -0.4 is 4.74 Å². The zero-order chi connectivity index (χ0) is 11.1. The van der Waals surface area contributed by atoms with Crippen molar-refractivity contribution in [1.82, 2.24) is 0 Å². The lowest BCUT2D eigenvalue weighted by atomic mass is 10.2. The van der Waals surface area contributed by atoms with Crippen molar-refractivity contribution in [3.05, 3.63) is 35.9 Å². The predicted octanol–water partition coefficient (Wildman–Crippen LogP) is 1.77. The highest BCUT2D eigenvalue weighted by Gasteiger charge is 1.94. The Morgan fingerprint density at radius 1 is 1.53 bits per heavy atom. The fraction of sp³-hybridized carbons (Fsp3) is 0.182. The van der Waals surface area contributed by atoms with E-state index in [9.17, 15) is 4.79 Å². The Balaban J connectivity index is 2.69. The standard InChI is InChI=1S/C11H12O4/c1-14-8-15-10-4-2-3-9(7-10)5-6-11(12)13/h2-7H,8H2,1H3,(H,12,13)/b6-5-. The first kappa shape index (κ1) is 11.3. The van der Waals surface area contributed by atoms with E-state index in [1.807, 2.05) is 0 Å². The first-order chi connectivity index (χ1) is 7.22. The fourth-order valence-electron chi connectivity index (χ4n) is 1.00. The summed E-state index contributed by atoms with van der Waals surface area (Å²) in [6.07, 6.45) is 2.58. The monoisotopic (exact) mass is 208 g/mol. The van der Waals surface area contributed by atoms with Crippen LogP contribution in [0.3, 0.4) is 0 Å². The van der Waals surface area contributed by atoms with Crippen LogP contribution in [-0.2, 0) is 9.53 Å². The number of methoxy groups -OCH3 is 1. The van der Waals surface area contributed by atoms with Gasteiger partial charge in [-0.05, 0) is 23.8 Å². The van der Waals surface area contributed by atoms with E-state index in [2.05, 4.69) is 0 Å². The Morgan fingerprint density at radius 3 is 3.00 bits per heavy atom. The van der Waals surface area contributed by atoms with Gasteiger partial charge in [0.1, 0.15) is 5.75 Å².